The van der Waals surface area contributed by atoms with E-state index in [1.165, 1.54) is 11.0 Å². The third kappa shape index (κ3) is 9.76. The van der Waals surface area contributed by atoms with E-state index >= 15 is 0 Å². The number of nitrogens with two attached hydrogens (primary N) is 1. The number of para-hydroxylation sites is 1. The lowest BCUT2D eigenvalue weighted by atomic mass is 10.00. The van der Waals surface area contributed by atoms with Crippen LogP contribution in [0.3, 0.4) is 0 Å². The summed E-state index contributed by atoms with van der Waals surface area (Å²) in [4.78, 5) is 60.4. The summed E-state index contributed by atoms with van der Waals surface area (Å²) >= 11 is 6.12. The van der Waals surface area contributed by atoms with Gasteiger partial charge in [0.05, 0.1) is 22.2 Å². The summed E-state index contributed by atoms with van der Waals surface area (Å²) in [5, 5.41) is 5.61. The summed E-state index contributed by atoms with van der Waals surface area (Å²) < 4.78 is 52.8. The molecule has 17 heteroatoms. The fourth-order valence-corrected chi connectivity index (χ4v) is 8.29. The van der Waals surface area contributed by atoms with Crippen LogP contribution in [0, 0.1) is 5.92 Å². The van der Waals surface area contributed by atoms with Crippen molar-refractivity contribution in [1.29, 1.82) is 0 Å². The second kappa shape index (κ2) is 17.7. The maximum atomic E-state index is 14.1. The Morgan fingerprint density at radius 1 is 0.982 bits per heavy atom. The third-order valence-corrected chi connectivity index (χ3v) is 11.5. The van der Waals surface area contributed by atoms with Crippen molar-refractivity contribution in [3.8, 4) is 0 Å². The number of benzene rings is 2. The number of likely N-dealkylation sites (N-methyl/N-ethyl adjacent to an activating group) is 1. The number of hydrogen-bond acceptors (Lipinski definition) is 9. The first kappa shape index (κ1) is 40.4. The molecule has 2 atom stereocenters. The van der Waals surface area contributed by atoms with Crippen LogP contribution < -0.4 is 16.4 Å². The van der Waals surface area contributed by atoms with Gasteiger partial charge in [-0.1, -0.05) is 29.8 Å². The molecule has 6 rings (SSSR count). The topological polar surface area (TPSA) is 150 Å². The highest BCUT2D eigenvalue weighted by Gasteiger charge is 2.39. The molecular weight excluding hydrogens is 743 g/mol. The molecule has 300 valence electrons. The van der Waals surface area contributed by atoms with Gasteiger partial charge < -0.3 is 40.5 Å². The molecule has 3 fully saturated rings. The van der Waals surface area contributed by atoms with E-state index in [4.69, 9.17) is 26.8 Å². The lowest BCUT2D eigenvalue weighted by Crippen LogP contribution is -2.52. The summed E-state index contributed by atoms with van der Waals surface area (Å²) in [6.45, 7) is 3.92. The van der Waals surface area contributed by atoms with Gasteiger partial charge in [0.1, 0.15) is 6.61 Å². The lowest BCUT2D eigenvalue weighted by Gasteiger charge is -2.39. The van der Waals surface area contributed by atoms with Crippen LogP contribution in [0.5, 0.6) is 0 Å². The summed E-state index contributed by atoms with van der Waals surface area (Å²) in [6.07, 6.45) is -3.76. The molecule has 2 aromatic carbocycles. The quantitative estimate of drug-likeness (QED) is 0.178. The van der Waals surface area contributed by atoms with Crippen molar-refractivity contribution < 1.29 is 41.8 Å². The van der Waals surface area contributed by atoms with E-state index in [2.05, 4.69) is 15.5 Å². The Labute approximate surface area is 323 Å². The van der Waals surface area contributed by atoms with E-state index in [0.29, 0.717) is 77.9 Å². The summed E-state index contributed by atoms with van der Waals surface area (Å²) in [5.41, 5.74) is 5.78. The van der Waals surface area contributed by atoms with Gasteiger partial charge in [-0.05, 0) is 81.4 Å². The van der Waals surface area contributed by atoms with Crippen LogP contribution in [-0.2, 0) is 38.1 Å². The van der Waals surface area contributed by atoms with Gasteiger partial charge >= 0.3 is 24.3 Å². The highest BCUT2D eigenvalue weighted by molar-refractivity contribution is 6.33. The van der Waals surface area contributed by atoms with Gasteiger partial charge in [-0.2, -0.15) is 13.2 Å². The largest absolute Gasteiger partial charge is 0.464 e. The van der Waals surface area contributed by atoms with Crippen LogP contribution in [0.2, 0.25) is 5.02 Å². The van der Waals surface area contributed by atoms with Gasteiger partial charge in [0.25, 0.3) is 5.91 Å². The number of nitrogens with zero attached hydrogens (tertiary/aromatic N) is 4. The molecule has 4 amide bonds. The molecular formula is C38H49ClF3N7O6. The van der Waals surface area contributed by atoms with Gasteiger partial charge in [-0.25, -0.2) is 9.59 Å². The number of nitrogens with one attached hydrogen (secondary N) is 2. The smallest absolute Gasteiger partial charge is 0.418 e. The van der Waals surface area contributed by atoms with Crippen molar-refractivity contribution in [2.75, 3.05) is 77.1 Å². The minimum absolute atomic E-state index is 0.0455. The number of amides is 4. The first-order valence-corrected chi connectivity index (χ1v) is 19.3. The van der Waals surface area contributed by atoms with Gasteiger partial charge in [0.2, 0.25) is 0 Å². The van der Waals surface area contributed by atoms with Crippen LogP contribution in [0.15, 0.2) is 36.4 Å². The summed E-state index contributed by atoms with van der Waals surface area (Å²) in [5.74, 6) is -0.942. The first-order chi connectivity index (χ1) is 26.3. The number of fused-ring (bicyclic) bond motifs is 1. The number of ether oxygens (including phenoxy) is 2. The molecule has 4 N–H and O–H groups in total. The molecule has 0 radical (unpaired) electrons. The molecule has 4 aliphatic rings. The Morgan fingerprint density at radius 3 is 2.38 bits per heavy atom. The maximum absolute atomic E-state index is 14.1. The van der Waals surface area contributed by atoms with Crippen molar-refractivity contribution in [2.24, 2.45) is 5.92 Å². The zero-order valence-corrected chi connectivity index (χ0v) is 31.7. The van der Waals surface area contributed by atoms with Gasteiger partial charge in [-0.15, -0.1) is 0 Å². The van der Waals surface area contributed by atoms with Crippen LogP contribution in [0.4, 0.5) is 34.1 Å². The SMILES string of the molecule is CNCCOC(=O)[C@H]1CCN(C2CCN(C(=O)[C@@H](Cc3cc(Cl)c(N)c(C(F)(F)F)c3)OC(=O)N3CCC(N4CCc5ccccc5NC4=O)CC3)CC2)C1. The second-order valence-electron chi connectivity index (χ2n) is 14.7. The Kier molecular flexibility index (Phi) is 13.0. The fraction of sp³-hybridized carbons (Fsp3) is 0.579. The number of anilines is 2. The standard InChI is InChI=1S/C38H49ClF3N7O6/c1-44-12-19-54-35(51)26-6-13-48(23-26)27-8-14-46(15-9-27)34(50)32(22-24-20-29(38(40,41)42)33(43)30(39)21-24)55-37(53)47-16-10-28(11-17-47)49-18-7-25-4-2-3-5-31(25)45-36(49)52/h2-5,20-21,26-28,32,44H,6-19,22-23,43H2,1H3,(H,45,52)/t26-,32+/m0/s1. The Morgan fingerprint density at radius 2 is 1.67 bits per heavy atom. The molecule has 55 heavy (non-hydrogen) atoms. The zero-order valence-electron chi connectivity index (χ0n) is 30.9. The zero-order chi connectivity index (χ0) is 39.3. The average molecular weight is 792 g/mol. The predicted octanol–water partition coefficient (Wildman–Crippen LogP) is 4.62. The van der Waals surface area contributed by atoms with Crippen molar-refractivity contribution in [2.45, 2.75) is 69.3 Å². The number of carbonyl (C=O) groups excluding carboxylic acids is 4. The van der Waals surface area contributed by atoms with E-state index in [0.717, 1.165) is 23.9 Å². The number of carbonyl (C=O) groups is 4. The Bertz CT molecular complexity index is 1720. The number of hydrogen-bond donors (Lipinski definition) is 3. The molecule has 0 spiro atoms. The summed E-state index contributed by atoms with van der Waals surface area (Å²) in [6, 6.07) is 9.56. The van der Waals surface area contributed by atoms with Crippen molar-refractivity contribution in [1.82, 2.24) is 24.9 Å². The molecule has 0 aliphatic carbocycles. The van der Waals surface area contributed by atoms with Crippen molar-refractivity contribution in [3.63, 3.8) is 0 Å². The number of rotatable bonds is 10. The molecule has 4 aliphatic heterocycles. The van der Waals surface area contributed by atoms with Crippen LogP contribution >= 0.6 is 11.6 Å². The van der Waals surface area contributed by atoms with E-state index in [9.17, 15) is 32.3 Å². The number of piperidine rings is 2. The lowest BCUT2D eigenvalue weighted by molar-refractivity contribution is -0.148. The van der Waals surface area contributed by atoms with Crippen molar-refractivity contribution in [3.05, 3.63) is 58.1 Å². The highest BCUT2D eigenvalue weighted by Crippen LogP contribution is 2.38. The van der Waals surface area contributed by atoms with Crippen LogP contribution in [0.25, 0.3) is 0 Å². The second-order valence-corrected chi connectivity index (χ2v) is 15.1. The number of nitrogen functional groups attached to an aromatic ring is 1. The van der Waals surface area contributed by atoms with Crippen molar-refractivity contribution >= 4 is 47.0 Å². The van der Waals surface area contributed by atoms with E-state index < -0.39 is 35.5 Å². The van der Waals surface area contributed by atoms with E-state index in [-0.39, 0.29) is 60.1 Å². The molecule has 13 nitrogen and oxygen atoms in total. The number of halogens is 4. The molecule has 4 heterocycles. The maximum Gasteiger partial charge on any atom is 0.418 e. The monoisotopic (exact) mass is 791 g/mol. The minimum atomic E-state index is -4.79. The van der Waals surface area contributed by atoms with E-state index in [1.54, 1.807) is 16.8 Å². The summed E-state index contributed by atoms with van der Waals surface area (Å²) in [7, 11) is 1.79. The number of esters is 1. The van der Waals surface area contributed by atoms with Gasteiger partial charge in [-0.3, -0.25) is 14.5 Å². The fourth-order valence-electron chi connectivity index (χ4n) is 8.05. The normalized spacial score (nSPS) is 20.8. The number of likely N-dealkylation sites (tertiary alicyclic amines) is 3. The van der Waals surface area contributed by atoms with Crippen LogP contribution in [0.1, 0.15) is 48.8 Å². The van der Waals surface area contributed by atoms with Gasteiger partial charge in [0, 0.05) is 70.0 Å². The number of alkyl halides is 3. The molecule has 0 bridgehead atoms. The minimum Gasteiger partial charge on any atom is -0.464 e. The first-order valence-electron chi connectivity index (χ1n) is 18.9. The van der Waals surface area contributed by atoms with Crippen LogP contribution in [-0.4, -0.2) is 128 Å². The molecule has 0 aromatic heterocycles. The molecule has 3 saturated heterocycles. The molecule has 0 saturated carbocycles. The highest BCUT2D eigenvalue weighted by atomic mass is 35.5. The predicted molar refractivity (Wildman–Crippen MR) is 199 cm³/mol. The Hall–Kier alpha value is -4.28. The Balaban J connectivity index is 1.09. The van der Waals surface area contributed by atoms with Gasteiger partial charge in [0.15, 0.2) is 6.10 Å². The number of urea groups is 1. The molecule has 2 aromatic rings. The average Bonchev–Trinajstić information content (AvgIpc) is 3.60. The van der Waals surface area contributed by atoms with E-state index in [1.807, 2.05) is 24.3 Å². The third-order valence-electron chi connectivity index (χ3n) is 11.2. The molecule has 0 unspecified atom stereocenters.